The van der Waals surface area contributed by atoms with E-state index in [2.05, 4.69) is 22.2 Å². The summed E-state index contributed by atoms with van der Waals surface area (Å²) in [5.41, 5.74) is 5.79. The highest BCUT2D eigenvalue weighted by Crippen LogP contribution is 2.21. The number of rotatable bonds is 7. The molecule has 3 N–H and O–H groups in total. The predicted octanol–water partition coefficient (Wildman–Crippen LogP) is 1.80. The molecule has 1 aromatic heterocycles. The first-order valence-corrected chi connectivity index (χ1v) is 10.0. The van der Waals surface area contributed by atoms with Crippen LogP contribution in [-0.2, 0) is 9.84 Å². The van der Waals surface area contributed by atoms with Crippen LogP contribution in [0.5, 0.6) is 0 Å². The van der Waals surface area contributed by atoms with Crippen molar-refractivity contribution in [3.8, 4) is 0 Å². The van der Waals surface area contributed by atoms with Crippen molar-refractivity contribution in [1.29, 1.82) is 0 Å². The molecular weight excluding hydrogens is 308 g/mol. The Balaban J connectivity index is 1.90. The molecule has 0 amide bonds. The van der Waals surface area contributed by atoms with Crippen LogP contribution >= 0.6 is 11.8 Å². The molecule has 1 fully saturated rings. The molecule has 1 saturated heterocycles. The van der Waals surface area contributed by atoms with E-state index in [1.165, 1.54) is 0 Å². The van der Waals surface area contributed by atoms with Gasteiger partial charge in [-0.1, -0.05) is 25.1 Å². The third-order valence-electron chi connectivity index (χ3n) is 3.35. The fourth-order valence-electron chi connectivity index (χ4n) is 2.19. The highest BCUT2D eigenvalue weighted by Gasteiger charge is 2.27. The number of nitrogen functional groups attached to an aromatic ring is 1. The SMILES string of the molecule is CCCCSc1nc(N)cc(NC[C@H]2CCS(=O)(=O)C2)n1. The van der Waals surface area contributed by atoms with E-state index >= 15 is 0 Å². The zero-order valence-corrected chi connectivity index (χ0v) is 13.8. The van der Waals surface area contributed by atoms with Crippen LogP contribution in [0.1, 0.15) is 26.2 Å². The predicted molar refractivity (Wildman–Crippen MR) is 87.3 cm³/mol. The molecule has 1 aliphatic heterocycles. The molecule has 8 heteroatoms. The van der Waals surface area contributed by atoms with Crippen molar-refractivity contribution in [2.45, 2.75) is 31.3 Å². The fourth-order valence-corrected chi connectivity index (χ4v) is 5.00. The van der Waals surface area contributed by atoms with Crippen LogP contribution in [0.3, 0.4) is 0 Å². The highest BCUT2D eigenvalue weighted by atomic mass is 32.2. The highest BCUT2D eigenvalue weighted by molar-refractivity contribution is 7.99. The molecule has 0 aliphatic carbocycles. The average Bonchev–Trinajstić information content (AvgIpc) is 2.76. The summed E-state index contributed by atoms with van der Waals surface area (Å²) in [6, 6.07) is 1.69. The van der Waals surface area contributed by atoms with Gasteiger partial charge in [0, 0.05) is 18.4 Å². The lowest BCUT2D eigenvalue weighted by Gasteiger charge is -2.11. The van der Waals surface area contributed by atoms with E-state index in [0.717, 1.165) is 18.6 Å². The summed E-state index contributed by atoms with van der Waals surface area (Å²) in [5, 5.41) is 3.86. The number of anilines is 2. The van der Waals surface area contributed by atoms with Gasteiger partial charge in [-0.3, -0.25) is 0 Å². The summed E-state index contributed by atoms with van der Waals surface area (Å²) < 4.78 is 22.9. The molecule has 21 heavy (non-hydrogen) atoms. The van der Waals surface area contributed by atoms with Gasteiger partial charge in [0.25, 0.3) is 0 Å². The Bertz CT molecular complexity index is 578. The Morgan fingerprint density at radius 3 is 2.95 bits per heavy atom. The summed E-state index contributed by atoms with van der Waals surface area (Å²) >= 11 is 1.59. The number of hydrogen-bond donors (Lipinski definition) is 2. The van der Waals surface area contributed by atoms with Crippen molar-refractivity contribution in [1.82, 2.24) is 9.97 Å². The van der Waals surface area contributed by atoms with Crippen LogP contribution in [-0.4, -0.2) is 42.2 Å². The van der Waals surface area contributed by atoms with Gasteiger partial charge in [0.05, 0.1) is 11.5 Å². The van der Waals surface area contributed by atoms with Crippen LogP contribution in [0.2, 0.25) is 0 Å². The standard InChI is InChI=1S/C13H22N4O2S2/c1-2-3-5-20-13-16-11(14)7-12(17-13)15-8-10-4-6-21(18,19)9-10/h7,10H,2-6,8-9H2,1H3,(H3,14,15,16,17)/t10-/m1/s1. The second-order valence-corrected chi connectivity index (χ2v) is 8.60. The number of unbranched alkanes of at least 4 members (excludes halogenated alkanes) is 1. The zero-order valence-electron chi connectivity index (χ0n) is 12.2. The maximum atomic E-state index is 11.4. The number of nitrogens with one attached hydrogen (secondary N) is 1. The number of hydrogen-bond acceptors (Lipinski definition) is 7. The molecule has 0 saturated carbocycles. The van der Waals surface area contributed by atoms with Gasteiger partial charge in [-0.25, -0.2) is 18.4 Å². The average molecular weight is 330 g/mol. The van der Waals surface area contributed by atoms with Gasteiger partial charge in [-0.15, -0.1) is 0 Å². The quantitative estimate of drug-likeness (QED) is 0.447. The van der Waals surface area contributed by atoms with Crippen LogP contribution in [0.15, 0.2) is 11.2 Å². The molecular formula is C13H22N4O2S2. The van der Waals surface area contributed by atoms with Gasteiger partial charge >= 0.3 is 0 Å². The summed E-state index contributed by atoms with van der Waals surface area (Å²) in [6.45, 7) is 2.75. The van der Waals surface area contributed by atoms with Crippen LogP contribution in [0, 0.1) is 5.92 Å². The first-order valence-electron chi connectivity index (χ1n) is 7.20. The van der Waals surface area contributed by atoms with E-state index in [4.69, 9.17) is 5.73 Å². The molecule has 1 aromatic rings. The third-order valence-corrected chi connectivity index (χ3v) is 6.12. The van der Waals surface area contributed by atoms with Crippen molar-refractivity contribution >= 4 is 33.2 Å². The maximum Gasteiger partial charge on any atom is 0.191 e. The molecule has 0 radical (unpaired) electrons. The Kier molecular flexibility index (Phi) is 5.69. The smallest absolute Gasteiger partial charge is 0.191 e. The van der Waals surface area contributed by atoms with Gasteiger partial charge in [0.2, 0.25) is 0 Å². The van der Waals surface area contributed by atoms with Crippen molar-refractivity contribution in [2.24, 2.45) is 5.92 Å². The fraction of sp³-hybridized carbons (Fsp3) is 0.692. The Labute approximate surface area is 130 Å². The molecule has 1 atom stereocenters. The first kappa shape index (κ1) is 16.4. The van der Waals surface area contributed by atoms with Gasteiger partial charge in [0.1, 0.15) is 11.6 Å². The molecule has 2 heterocycles. The topological polar surface area (TPSA) is 98.0 Å². The number of thioether (sulfide) groups is 1. The van der Waals surface area contributed by atoms with Crippen molar-refractivity contribution < 1.29 is 8.42 Å². The maximum absolute atomic E-state index is 11.4. The Hall–Kier alpha value is -1.02. The molecule has 0 bridgehead atoms. The zero-order chi connectivity index (χ0) is 15.3. The van der Waals surface area contributed by atoms with Gasteiger partial charge in [-0.05, 0) is 18.8 Å². The van der Waals surface area contributed by atoms with E-state index in [1.54, 1.807) is 17.8 Å². The third kappa shape index (κ3) is 5.35. The van der Waals surface area contributed by atoms with E-state index in [0.29, 0.717) is 35.5 Å². The van der Waals surface area contributed by atoms with Crippen molar-refractivity contribution in [3.05, 3.63) is 6.07 Å². The number of nitrogens with zero attached hydrogens (tertiary/aromatic N) is 2. The number of nitrogens with two attached hydrogens (primary N) is 1. The second kappa shape index (κ2) is 7.31. The number of aromatic nitrogens is 2. The minimum atomic E-state index is -2.83. The lowest BCUT2D eigenvalue weighted by molar-refractivity contribution is 0.595. The molecule has 0 spiro atoms. The lowest BCUT2D eigenvalue weighted by Crippen LogP contribution is -2.16. The first-order chi connectivity index (χ1) is 9.98. The van der Waals surface area contributed by atoms with E-state index in [-0.39, 0.29) is 11.7 Å². The van der Waals surface area contributed by atoms with Crippen LogP contribution < -0.4 is 11.1 Å². The van der Waals surface area contributed by atoms with Crippen LogP contribution in [0.25, 0.3) is 0 Å². The Morgan fingerprint density at radius 2 is 2.29 bits per heavy atom. The molecule has 1 aliphatic rings. The minimum Gasteiger partial charge on any atom is -0.383 e. The van der Waals surface area contributed by atoms with Gasteiger partial charge in [-0.2, -0.15) is 0 Å². The van der Waals surface area contributed by atoms with Crippen molar-refractivity contribution in [3.63, 3.8) is 0 Å². The largest absolute Gasteiger partial charge is 0.383 e. The summed E-state index contributed by atoms with van der Waals surface area (Å²) in [4.78, 5) is 8.62. The monoisotopic (exact) mass is 330 g/mol. The number of sulfone groups is 1. The molecule has 6 nitrogen and oxygen atoms in total. The molecule has 0 aromatic carbocycles. The molecule has 0 unspecified atom stereocenters. The summed E-state index contributed by atoms with van der Waals surface area (Å²) in [6.07, 6.45) is 2.97. The minimum absolute atomic E-state index is 0.155. The summed E-state index contributed by atoms with van der Waals surface area (Å²) in [7, 11) is -2.83. The molecule has 2 rings (SSSR count). The van der Waals surface area contributed by atoms with E-state index < -0.39 is 9.84 Å². The lowest BCUT2D eigenvalue weighted by atomic mass is 10.1. The Morgan fingerprint density at radius 1 is 1.48 bits per heavy atom. The van der Waals surface area contributed by atoms with Crippen LogP contribution in [0.4, 0.5) is 11.6 Å². The van der Waals surface area contributed by atoms with Gasteiger partial charge in [0.15, 0.2) is 15.0 Å². The van der Waals surface area contributed by atoms with Gasteiger partial charge < -0.3 is 11.1 Å². The second-order valence-electron chi connectivity index (χ2n) is 5.31. The van der Waals surface area contributed by atoms with E-state index in [9.17, 15) is 8.42 Å². The van der Waals surface area contributed by atoms with Crippen molar-refractivity contribution in [2.75, 3.05) is 34.9 Å². The van der Waals surface area contributed by atoms with E-state index in [1.807, 2.05) is 0 Å². The summed E-state index contributed by atoms with van der Waals surface area (Å²) in [5.74, 6) is 2.79. The molecule has 118 valence electrons. The normalized spacial score (nSPS) is 20.5.